The van der Waals surface area contributed by atoms with Crippen molar-refractivity contribution in [1.29, 1.82) is 0 Å². The Labute approximate surface area is 196 Å². The van der Waals surface area contributed by atoms with Crippen LogP contribution in [0, 0.1) is 0 Å². The molecule has 1 fully saturated rings. The highest BCUT2D eigenvalue weighted by molar-refractivity contribution is 7.89. The van der Waals surface area contributed by atoms with Crippen molar-refractivity contribution in [3.8, 4) is 0 Å². The fraction of sp³-hybridized carbons (Fsp3) is 0.318. The number of benzene rings is 2. The first-order chi connectivity index (χ1) is 16.1. The maximum atomic E-state index is 12.8. The van der Waals surface area contributed by atoms with Gasteiger partial charge < -0.3 is 20.0 Å². The summed E-state index contributed by atoms with van der Waals surface area (Å²) in [7, 11) is -0.0371. The van der Waals surface area contributed by atoms with Gasteiger partial charge in [0, 0.05) is 37.4 Å². The van der Waals surface area contributed by atoms with Crippen LogP contribution in [0.25, 0.3) is 11.1 Å². The third-order valence-corrected chi connectivity index (χ3v) is 7.31. The number of rotatable bonds is 7. The molecule has 0 atom stereocenters. The first kappa shape index (κ1) is 23.7. The molecule has 0 aliphatic carbocycles. The van der Waals surface area contributed by atoms with E-state index >= 15 is 0 Å². The lowest BCUT2D eigenvalue weighted by Gasteiger charge is -2.25. The predicted octanol–water partition coefficient (Wildman–Crippen LogP) is 0.529. The lowest BCUT2D eigenvalue weighted by Crippen LogP contribution is -2.49. The van der Waals surface area contributed by atoms with Crippen LogP contribution >= 0.6 is 0 Å². The number of hydrogen-bond acceptors (Lipinski definition) is 7. The number of anilines is 1. The molecule has 1 aromatic heterocycles. The number of oxazole rings is 1. The second-order valence-electron chi connectivity index (χ2n) is 8.17. The second-order valence-corrected chi connectivity index (χ2v) is 10.1. The van der Waals surface area contributed by atoms with E-state index in [0.717, 1.165) is 4.31 Å². The number of aromatic nitrogens is 1. The molecule has 1 aliphatic heterocycles. The zero-order valence-electron chi connectivity index (χ0n) is 18.8. The van der Waals surface area contributed by atoms with Gasteiger partial charge in [-0.25, -0.2) is 13.2 Å². The molecule has 3 aromatic rings. The van der Waals surface area contributed by atoms with Gasteiger partial charge in [0.25, 0.3) is 5.91 Å². The molecule has 1 saturated heterocycles. The zero-order chi connectivity index (χ0) is 24.5. The van der Waals surface area contributed by atoms with Gasteiger partial charge in [-0.15, -0.1) is 0 Å². The van der Waals surface area contributed by atoms with Crippen molar-refractivity contribution in [2.75, 3.05) is 45.6 Å². The molecule has 0 unspecified atom stereocenters. The van der Waals surface area contributed by atoms with Crippen LogP contribution in [-0.4, -0.2) is 74.3 Å². The van der Waals surface area contributed by atoms with Crippen LogP contribution in [-0.2, 0) is 21.4 Å². The molecular formula is C22H25N5O6S. The number of carbonyl (C=O) groups excluding carboxylic acids is 2. The van der Waals surface area contributed by atoms with Crippen LogP contribution in [0.1, 0.15) is 10.4 Å². The van der Waals surface area contributed by atoms with E-state index in [1.54, 1.807) is 18.2 Å². The topological polar surface area (TPSA) is 134 Å². The number of fused-ring (bicyclic) bond motifs is 1. The predicted molar refractivity (Wildman–Crippen MR) is 125 cm³/mol. The van der Waals surface area contributed by atoms with Gasteiger partial charge in [-0.2, -0.15) is 4.31 Å². The maximum Gasteiger partial charge on any atom is 0.419 e. The molecule has 0 spiro atoms. The fourth-order valence-corrected chi connectivity index (χ4v) is 5.00. The molecule has 11 nitrogen and oxygen atoms in total. The fourth-order valence-electron chi connectivity index (χ4n) is 3.60. The normalized spacial score (nSPS) is 15.0. The molecule has 2 aromatic carbocycles. The molecule has 2 N–H and O–H groups in total. The number of nitrogens with one attached hydrogen (secondary N) is 2. The van der Waals surface area contributed by atoms with Crippen molar-refractivity contribution in [1.82, 2.24) is 19.1 Å². The minimum atomic E-state index is -3.84. The Balaban J connectivity index is 1.51. The molecule has 1 aliphatic rings. The SMILES string of the molecule is CN(C)CCn1c(=O)oc2ccc(NC(=O)c3ccc(S(=O)(=O)N4CCNC(=O)C4)cc3)cc21. The van der Waals surface area contributed by atoms with Crippen LogP contribution in [0.4, 0.5) is 5.69 Å². The summed E-state index contributed by atoms with van der Waals surface area (Å²) in [6.07, 6.45) is 0. The zero-order valence-corrected chi connectivity index (χ0v) is 19.6. The average molecular weight is 488 g/mol. The van der Waals surface area contributed by atoms with Crippen molar-refractivity contribution < 1.29 is 22.4 Å². The summed E-state index contributed by atoms with van der Waals surface area (Å²) in [5, 5.41) is 5.35. The van der Waals surface area contributed by atoms with Gasteiger partial charge in [0.1, 0.15) is 0 Å². The quantitative estimate of drug-likeness (QED) is 0.496. The second kappa shape index (κ2) is 9.41. The molecule has 2 heterocycles. The Morgan fingerprint density at radius 2 is 1.88 bits per heavy atom. The molecule has 0 radical (unpaired) electrons. The Morgan fingerprint density at radius 1 is 1.15 bits per heavy atom. The summed E-state index contributed by atoms with van der Waals surface area (Å²) in [5.74, 6) is -1.26. The number of sulfonamides is 1. The molecular weight excluding hydrogens is 462 g/mol. The summed E-state index contributed by atoms with van der Waals surface area (Å²) in [6, 6.07) is 10.4. The highest BCUT2D eigenvalue weighted by atomic mass is 32.2. The third kappa shape index (κ3) is 4.88. The van der Waals surface area contributed by atoms with Crippen molar-refractivity contribution >= 4 is 38.6 Å². The summed E-state index contributed by atoms with van der Waals surface area (Å²) in [6.45, 7) is 1.28. The number of amides is 2. The van der Waals surface area contributed by atoms with E-state index in [9.17, 15) is 22.8 Å². The molecule has 4 rings (SSSR count). The van der Waals surface area contributed by atoms with Gasteiger partial charge in [-0.05, 0) is 56.6 Å². The van der Waals surface area contributed by atoms with E-state index in [1.807, 2.05) is 19.0 Å². The molecule has 180 valence electrons. The molecule has 2 amide bonds. The van der Waals surface area contributed by atoms with Crippen molar-refractivity contribution in [3.05, 3.63) is 58.6 Å². The van der Waals surface area contributed by atoms with E-state index < -0.39 is 21.7 Å². The van der Waals surface area contributed by atoms with Gasteiger partial charge in [-0.3, -0.25) is 14.2 Å². The van der Waals surface area contributed by atoms with Crippen LogP contribution in [0.2, 0.25) is 0 Å². The Bertz CT molecular complexity index is 1390. The average Bonchev–Trinajstić information content (AvgIpc) is 3.12. The maximum absolute atomic E-state index is 12.8. The number of hydrogen-bond donors (Lipinski definition) is 2. The molecule has 0 saturated carbocycles. The standard InChI is InChI=1S/C22H25N5O6S/c1-25(2)11-12-27-18-13-16(5-8-19(18)33-22(27)30)24-21(29)15-3-6-17(7-4-15)34(31,32)26-10-9-23-20(28)14-26/h3-8,13H,9-12,14H2,1-2H3,(H,23,28)(H,24,29). The lowest BCUT2D eigenvalue weighted by molar-refractivity contribution is -0.122. The number of piperazine rings is 1. The Hall–Kier alpha value is -3.48. The minimum Gasteiger partial charge on any atom is -0.408 e. The van der Waals surface area contributed by atoms with Gasteiger partial charge >= 0.3 is 5.76 Å². The van der Waals surface area contributed by atoms with Gasteiger partial charge in [-0.1, -0.05) is 0 Å². The monoisotopic (exact) mass is 487 g/mol. The van der Waals surface area contributed by atoms with Gasteiger partial charge in [0.2, 0.25) is 15.9 Å². The van der Waals surface area contributed by atoms with Crippen LogP contribution in [0.15, 0.2) is 56.6 Å². The summed E-state index contributed by atoms with van der Waals surface area (Å²) in [5.41, 5.74) is 1.71. The Morgan fingerprint density at radius 3 is 2.56 bits per heavy atom. The van der Waals surface area contributed by atoms with Gasteiger partial charge in [0.05, 0.1) is 17.0 Å². The van der Waals surface area contributed by atoms with E-state index in [-0.39, 0.29) is 36.0 Å². The van der Waals surface area contributed by atoms with E-state index in [2.05, 4.69) is 10.6 Å². The number of carbonyl (C=O) groups is 2. The lowest BCUT2D eigenvalue weighted by atomic mass is 10.2. The van der Waals surface area contributed by atoms with E-state index in [4.69, 9.17) is 4.42 Å². The molecule has 34 heavy (non-hydrogen) atoms. The van der Waals surface area contributed by atoms with Gasteiger partial charge in [0.15, 0.2) is 5.58 Å². The van der Waals surface area contributed by atoms with E-state index in [1.165, 1.54) is 28.8 Å². The highest BCUT2D eigenvalue weighted by Gasteiger charge is 2.29. The first-order valence-electron chi connectivity index (χ1n) is 10.6. The summed E-state index contributed by atoms with van der Waals surface area (Å²) >= 11 is 0. The van der Waals surface area contributed by atoms with Crippen LogP contribution in [0.5, 0.6) is 0 Å². The largest absolute Gasteiger partial charge is 0.419 e. The summed E-state index contributed by atoms with van der Waals surface area (Å²) in [4.78, 5) is 38.4. The smallest absolute Gasteiger partial charge is 0.408 e. The van der Waals surface area contributed by atoms with Crippen LogP contribution < -0.4 is 16.4 Å². The molecule has 0 bridgehead atoms. The Kier molecular flexibility index (Phi) is 6.55. The van der Waals surface area contributed by atoms with Crippen molar-refractivity contribution in [3.63, 3.8) is 0 Å². The number of nitrogens with zero attached hydrogens (tertiary/aromatic N) is 3. The van der Waals surface area contributed by atoms with Crippen molar-refractivity contribution in [2.24, 2.45) is 0 Å². The minimum absolute atomic E-state index is 0.00322. The third-order valence-electron chi connectivity index (χ3n) is 5.45. The van der Waals surface area contributed by atoms with E-state index in [0.29, 0.717) is 29.9 Å². The first-order valence-corrected chi connectivity index (χ1v) is 12.1. The number of likely N-dealkylation sites (N-methyl/N-ethyl adjacent to an activating group) is 1. The van der Waals surface area contributed by atoms with Crippen molar-refractivity contribution in [2.45, 2.75) is 11.4 Å². The highest BCUT2D eigenvalue weighted by Crippen LogP contribution is 2.21. The molecule has 12 heteroatoms. The summed E-state index contributed by atoms with van der Waals surface area (Å²) < 4.78 is 33.4. The van der Waals surface area contributed by atoms with Crippen LogP contribution in [0.3, 0.4) is 0 Å².